The molecule has 0 unspecified atom stereocenters. The molecule has 0 bridgehead atoms. The second kappa shape index (κ2) is 6.52. The van der Waals surface area contributed by atoms with Crippen LogP contribution in [0.15, 0.2) is 33.9 Å². The van der Waals surface area contributed by atoms with E-state index in [1.807, 2.05) is 24.3 Å². The maximum atomic E-state index is 12.3. The van der Waals surface area contributed by atoms with Crippen LogP contribution in [0, 0.1) is 0 Å². The minimum Gasteiger partial charge on any atom is -0.497 e. The number of hydrogen-bond acceptors (Lipinski definition) is 5. The van der Waals surface area contributed by atoms with Crippen LogP contribution < -0.4 is 21.3 Å². The molecule has 1 aliphatic heterocycles. The van der Waals surface area contributed by atoms with Crippen molar-refractivity contribution in [1.82, 2.24) is 14.5 Å². The van der Waals surface area contributed by atoms with Crippen molar-refractivity contribution < 1.29 is 4.74 Å². The SMILES string of the molecule is COc1ccc(Cn2c3c(c(=O)[nH]c2=O)CN(C(C)C)CN3)cc1. The third kappa shape index (κ3) is 3.07. The predicted molar refractivity (Wildman–Crippen MR) is 92.6 cm³/mol. The Balaban J connectivity index is 1.98. The average molecular weight is 330 g/mol. The molecule has 0 spiro atoms. The summed E-state index contributed by atoms with van der Waals surface area (Å²) in [5, 5.41) is 3.23. The third-order valence-electron chi connectivity index (χ3n) is 4.34. The van der Waals surface area contributed by atoms with Crippen LogP contribution in [0.3, 0.4) is 0 Å². The van der Waals surface area contributed by atoms with E-state index in [-0.39, 0.29) is 5.56 Å². The summed E-state index contributed by atoms with van der Waals surface area (Å²) >= 11 is 0. The Hall–Kier alpha value is -2.54. The molecule has 24 heavy (non-hydrogen) atoms. The minimum absolute atomic E-state index is 0.312. The Morgan fingerprint density at radius 3 is 2.54 bits per heavy atom. The number of rotatable bonds is 4. The van der Waals surface area contributed by atoms with Gasteiger partial charge in [0.25, 0.3) is 5.56 Å². The molecule has 0 amide bonds. The molecule has 1 aromatic heterocycles. The number of hydrogen-bond donors (Lipinski definition) is 2. The lowest BCUT2D eigenvalue weighted by Crippen LogP contribution is -2.45. The highest BCUT2D eigenvalue weighted by Gasteiger charge is 2.24. The van der Waals surface area contributed by atoms with Crippen LogP contribution in [0.1, 0.15) is 25.0 Å². The van der Waals surface area contributed by atoms with Gasteiger partial charge in [0.05, 0.1) is 25.9 Å². The summed E-state index contributed by atoms with van der Waals surface area (Å²) in [6.07, 6.45) is 0. The van der Waals surface area contributed by atoms with Gasteiger partial charge in [0.15, 0.2) is 0 Å². The fourth-order valence-corrected chi connectivity index (χ4v) is 2.83. The van der Waals surface area contributed by atoms with E-state index in [0.717, 1.165) is 11.3 Å². The number of nitrogens with zero attached hydrogens (tertiary/aromatic N) is 2. The first-order valence-electron chi connectivity index (χ1n) is 7.96. The van der Waals surface area contributed by atoms with Crippen molar-refractivity contribution in [2.75, 3.05) is 19.1 Å². The fourth-order valence-electron chi connectivity index (χ4n) is 2.83. The van der Waals surface area contributed by atoms with E-state index in [4.69, 9.17) is 4.74 Å². The third-order valence-corrected chi connectivity index (χ3v) is 4.34. The fraction of sp³-hybridized carbons (Fsp3) is 0.412. The van der Waals surface area contributed by atoms with Crippen LogP contribution in [0.4, 0.5) is 5.82 Å². The van der Waals surface area contributed by atoms with E-state index in [1.54, 1.807) is 11.7 Å². The molecule has 0 fully saturated rings. The lowest BCUT2D eigenvalue weighted by Gasteiger charge is -2.33. The van der Waals surface area contributed by atoms with Crippen molar-refractivity contribution in [3.63, 3.8) is 0 Å². The normalized spacial score (nSPS) is 14.3. The monoisotopic (exact) mass is 330 g/mol. The second-order valence-corrected chi connectivity index (χ2v) is 6.20. The Labute approximate surface area is 139 Å². The molecule has 2 aromatic rings. The lowest BCUT2D eigenvalue weighted by atomic mass is 10.2. The Morgan fingerprint density at radius 1 is 1.21 bits per heavy atom. The number of nitrogens with one attached hydrogen (secondary N) is 2. The van der Waals surface area contributed by atoms with Gasteiger partial charge in [-0.1, -0.05) is 12.1 Å². The van der Waals surface area contributed by atoms with Crippen molar-refractivity contribution >= 4 is 5.82 Å². The van der Waals surface area contributed by atoms with E-state index in [9.17, 15) is 9.59 Å². The number of anilines is 1. The van der Waals surface area contributed by atoms with Gasteiger partial charge in [0.2, 0.25) is 0 Å². The van der Waals surface area contributed by atoms with Crippen molar-refractivity contribution in [3.8, 4) is 5.75 Å². The van der Waals surface area contributed by atoms with Gasteiger partial charge in [-0.05, 0) is 31.5 Å². The van der Waals surface area contributed by atoms with Crippen molar-refractivity contribution in [3.05, 3.63) is 56.2 Å². The van der Waals surface area contributed by atoms with E-state index < -0.39 is 5.69 Å². The quantitative estimate of drug-likeness (QED) is 0.880. The van der Waals surface area contributed by atoms with Crippen molar-refractivity contribution in [2.45, 2.75) is 33.0 Å². The zero-order valence-electron chi connectivity index (χ0n) is 14.1. The number of fused-ring (bicyclic) bond motifs is 1. The molecule has 1 aromatic carbocycles. The highest BCUT2D eigenvalue weighted by Crippen LogP contribution is 2.20. The van der Waals surface area contributed by atoms with E-state index in [1.165, 1.54) is 0 Å². The van der Waals surface area contributed by atoms with Crippen LogP contribution in [-0.2, 0) is 13.1 Å². The summed E-state index contributed by atoms with van der Waals surface area (Å²) in [6.45, 7) is 5.67. The molecule has 0 radical (unpaired) electrons. The minimum atomic E-state index is -0.403. The second-order valence-electron chi connectivity index (χ2n) is 6.20. The lowest BCUT2D eigenvalue weighted by molar-refractivity contribution is 0.218. The standard InChI is InChI=1S/C17H22N4O3/c1-11(2)20-9-14-15(18-10-20)21(17(23)19-16(14)22)8-12-4-6-13(24-3)7-5-12/h4-7,11,18H,8-10H2,1-3H3,(H,19,22,23). The molecule has 0 saturated carbocycles. The summed E-state index contributed by atoms with van der Waals surface area (Å²) in [5.41, 5.74) is 0.835. The van der Waals surface area contributed by atoms with Gasteiger partial charge < -0.3 is 10.1 Å². The molecule has 0 aliphatic carbocycles. The van der Waals surface area contributed by atoms with Crippen LogP contribution in [0.5, 0.6) is 5.75 Å². The molecule has 7 nitrogen and oxygen atoms in total. The topological polar surface area (TPSA) is 79.4 Å². The number of aromatic nitrogens is 2. The van der Waals surface area contributed by atoms with Gasteiger partial charge in [-0.2, -0.15) is 0 Å². The van der Waals surface area contributed by atoms with E-state index >= 15 is 0 Å². The maximum Gasteiger partial charge on any atom is 0.330 e. The summed E-state index contributed by atoms with van der Waals surface area (Å²) < 4.78 is 6.73. The van der Waals surface area contributed by atoms with Crippen molar-refractivity contribution in [2.24, 2.45) is 0 Å². The summed E-state index contributed by atoms with van der Waals surface area (Å²) in [5.74, 6) is 1.37. The number of aromatic amines is 1. The molecule has 128 valence electrons. The first-order chi connectivity index (χ1) is 11.5. The number of benzene rings is 1. The van der Waals surface area contributed by atoms with Gasteiger partial charge >= 0.3 is 5.69 Å². The number of methoxy groups -OCH3 is 1. The van der Waals surface area contributed by atoms with Crippen LogP contribution >= 0.6 is 0 Å². The smallest absolute Gasteiger partial charge is 0.330 e. The Kier molecular flexibility index (Phi) is 4.44. The molecule has 7 heteroatoms. The first kappa shape index (κ1) is 16.3. The zero-order valence-corrected chi connectivity index (χ0v) is 14.1. The van der Waals surface area contributed by atoms with Gasteiger partial charge in [-0.15, -0.1) is 0 Å². The molecule has 1 aliphatic rings. The highest BCUT2D eigenvalue weighted by atomic mass is 16.5. The molecule has 0 saturated heterocycles. The predicted octanol–water partition coefficient (Wildman–Crippen LogP) is 1.19. The average Bonchev–Trinajstić information content (AvgIpc) is 2.58. The van der Waals surface area contributed by atoms with Crippen LogP contribution in [-0.4, -0.2) is 34.3 Å². The molecule has 0 atom stereocenters. The Morgan fingerprint density at radius 2 is 1.92 bits per heavy atom. The summed E-state index contributed by atoms with van der Waals surface area (Å²) in [7, 11) is 1.61. The van der Waals surface area contributed by atoms with E-state index in [2.05, 4.69) is 29.0 Å². The van der Waals surface area contributed by atoms with E-state index in [0.29, 0.717) is 37.2 Å². The number of ether oxygens (including phenoxy) is 1. The summed E-state index contributed by atoms with van der Waals surface area (Å²) in [6, 6.07) is 7.84. The van der Waals surface area contributed by atoms with Crippen LogP contribution in [0.2, 0.25) is 0 Å². The summed E-state index contributed by atoms with van der Waals surface area (Å²) in [4.78, 5) is 29.0. The molecular weight excluding hydrogens is 308 g/mol. The molecular formula is C17H22N4O3. The number of H-pyrrole nitrogens is 1. The first-order valence-corrected chi connectivity index (χ1v) is 7.96. The zero-order chi connectivity index (χ0) is 17.3. The van der Waals surface area contributed by atoms with Gasteiger partial charge in [0, 0.05) is 12.6 Å². The van der Waals surface area contributed by atoms with Gasteiger partial charge in [-0.25, -0.2) is 4.79 Å². The largest absolute Gasteiger partial charge is 0.497 e. The van der Waals surface area contributed by atoms with Crippen LogP contribution in [0.25, 0.3) is 0 Å². The molecule has 3 rings (SSSR count). The maximum absolute atomic E-state index is 12.3. The molecule has 2 N–H and O–H groups in total. The highest BCUT2D eigenvalue weighted by molar-refractivity contribution is 5.46. The van der Waals surface area contributed by atoms with Gasteiger partial charge in [0.1, 0.15) is 11.6 Å². The molecule has 2 heterocycles. The Bertz CT molecular complexity index is 836. The van der Waals surface area contributed by atoms with Gasteiger partial charge in [-0.3, -0.25) is 19.2 Å². The van der Waals surface area contributed by atoms with Crippen molar-refractivity contribution in [1.29, 1.82) is 0 Å².